The van der Waals surface area contributed by atoms with E-state index in [1.54, 1.807) is 30.3 Å². The molecule has 134 valence electrons. The molecule has 0 aliphatic carbocycles. The quantitative estimate of drug-likeness (QED) is 0.663. The van der Waals surface area contributed by atoms with E-state index in [4.69, 9.17) is 0 Å². The van der Waals surface area contributed by atoms with Crippen LogP contribution >= 0.6 is 23.1 Å². The number of thioether (sulfide) groups is 1. The molecule has 2 aromatic carbocycles. The lowest BCUT2D eigenvalue weighted by molar-refractivity contribution is -0.115. The first-order valence-electron chi connectivity index (χ1n) is 7.71. The molecule has 5 nitrogen and oxygen atoms in total. The maximum atomic E-state index is 13.3. The van der Waals surface area contributed by atoms with E-state index in [2.05, 4.69) is 20.5 Å². The number of hydrogen-bond acceptors (Lipinski definition) is 6. The van der Waals surface area contributed by atoms with Crippen molar-refractivity contribution in [2.24, 2.45) is 4.99 Å². The number of amides is 1. The maximum Gasteiger partial charge on any atom is 0.264 e. The van der Waals surface area contributed by atoms with Crippen molar-refractivity contribution in [1.29, 1.82) is 0 Å². The summed E-state index contributed by atoms with van der Waals surface area (Å²) in [6.07, 6.45) is 1.59. The van der Waals surface area contributed by atoms with Gasteiger partial charge in [0.2, 0.25) is 5.13 Å². The zero-order chi connectivity index (χ0) is 18.8. The van der Waals surface area contributed by atoms with Crippen LogP contribution in [0, 0.1) is 11.6 Å². The molecule has 0 radical (unpaired) electrons. The number of carbonyl (C=O) groups is 1. The molecule has 0 bridgehead atoms. The number of benzene rings is 2. The summed E-state index contributed by atoms with van der Waals surface area (Å²) in [5.74, 6) is -1.01. The molecule has 0 atom stereocenters. The van der Waals surface area contributed by atoms with Gasteiger partial charge < -0.3 is 5.32 Å². The van der Waals surface area contributed by atoms with E-state index in [1.165, 1.54) is 35.6 Å². The smallest absolute Gasteiger partial charge is 0.264 e. The number of aromatic nitrogens is 2. The second kappa shape index (κ2) is 7.37. The van der Waals surface area contributed by atoms with Crippen LogP contribution in [0.15, 0.2) is 58.4 Å². The predicted molar refractivity (Wildman–Crippen MR) is 103 cm³/mol. The van der Waals surface area contributed by atoms with Crippen molar-refractivity contribution in [1.82, 2.24) is 15.5 Å². The molecule has 1 N–H and O–H groups in total. The maximum absolute atomic E-state index is 13.3. The minimum Gasteiger partial charge on any atom is -0.300 e. The summed E-state index contributed by atoms with van der Waals surface area (Å²) < 4.78 is 26.3. The number of amidine groups is 1. The van der Waals surface area contributed by atoms with Gasteiger partial charge in [-0.2, -0.15) is 4.99 Å². The molecule has 9 heteroatoms. The predicted octanol–water partition coefficient (Wildman–Crippen LogP) is 4.37. The third kappa shape index (κ3) is 4.09. The van der Waals surface area contributed by atoms with Crippen molar-refractivity contribution < 1.29 is 13.6 Å². The second-order valence-corrected chi connectivity index (χ2v) is 7.42. The van der Waals surface area contributed by atoms with Crippen molar-refractivity contribution >= 4 is 45.4 Å². The van der Waals surface area contributed by atoms with Crippen LogP contribution in [0.1, 0.15) is 5.56 Å². The number of aliphatic imine (C=N–C) groups is 1. The standard InChI is InChI=1S/C18H10F2N4OS2/c19-12-6-4-11(5-7-12)16-23-24-18(27-16)22-17-21-15(25)14(26-17)9-10-2-1-3-13(20)8-10/h1-9H,(H,21,22,24,25)/b14-9-. The van der Waals surface area contributed by atoms with Crippen LogP contribution in [0.5, 0.6) is 0 Å². The molecule has 1 aliphatic heterocycles. The normalized spacial score (nSPS) is 16.9. The van der Waals surface area contributed by atoms with Gasteiger partial charge in [-0.1, -0.05) is 23.5 Å². The Kier molecular flexibility index (Phi) is 4.78. The van der Waals surface area contributed by atoms with Crippen molar-refractivity contribution in [2.75, 3.05) is 0 Å². The highest BCUT2D eigenvalue weighted by molar-refractivity contribution is 8.18. The lowest BCUT2D eigenvalue weighted by Gasteiger charge is -1.94. The summed E-state index contributed by atoms with van der Waals surface area (Å²) in [7, 11) is 0. The van der Waals surface area contributed by atoms with Crippen LogP contribution in [0.2, 0.25) is 0 Å². The SMILES string of the molecule is O=C1NC(=Nc2nnc(-c3ccc(F)cc3)s2)S/C1=C\c1cccc(F)c1. The van der Waals surface area contributed by atoms with Gasteiger partial charge >= 0.3 is 0 Å². The molecule has 1 fully saturated rings. The monoisotopic (exact) mass is 400 g/mol. The van der Waals surface area contributed by atoms with Crippen LogP contribution in [0.25, 0.3) is 16.6 Å². The third-order valence-corrected chi connectivity index (χ3v) is 5.28. The first kappa shape index (κ1) is 17.5. The number of hydrogen-bond donors (Lipinski definition) is 1. The topological polar surface area (TPSA) is 67.2 Å². The minimum absolute atomic E-state index is 0.314. The van der Waals surface area contributed by atoms with Crippen molar-refractivity contribution in [2.45, 2.75) is 0 Å². The highest BCUT2D eigenvalue weighted by Gasteiger charge is 2.24. The Balaban J connectivity index is 1.54. The molecule has 3 aromatic rings. The molecule has 2 heterocycles. The van der Waals surface area contributed by atoms with E-state index < -0.39 is 0 Å². The van der Waals surface area contributed by atoms with Gasteiger partial charge in [0.15, 0.2) is 5.17 Å². The molecule has 1 aliphatic rings. The molecule has 27 heavy (non-hydrogen) atoms. The molecular formula is C18H10F2N4OS2. The minimum atomic E-state index is -0.371. The van der Waals surface area contributed by atoms with Crippen LogP contribution in [-0.2, 0) is 4.79 Å². The highest BCUT2D eigenvalue weighted by atomic mass is 32.2. The van der Waals surface area contributed by atoms with Gasteiger partial charge in [-0.05, 0) is 59.8 Å². The van der Waals surface area contributed by atoms with Crippen LogP contribution in [-0.4, -0.2) is 21.3 Å². The van der Waals surface area contributed by atoms with E-state index >= 15 is 0 Å². The van der Waals surface area contributed by atoms with Gasteiger partial charge in [0.05, 0.1) is 4.91 Å². The molecule has 1 saturated heterocycles. The summed E-state index contributed by atoms with van der Waals surface area (Å²) in [4.78, 5) is 16.8. The lowest BCUT2D eigenvalue weighted by atomic mass is 10.2. The van der Waals surface area contributed by atoms with Crippen molar-refractivity contribution in [3.05, 3.63) is 70.6 Å². The number of rotatable bonds is 3. The van der Waals surface area contributed by atoms with Gasteiger partial charge in [0.25, 0.3) is 5.91 Å². The zero-order valence-electron chi connectivity index (χ0n) is 13.5. The Hall–Kier alpha value is -2.91. The first-order valence-corrected chi connectivity index (χ1v) is 9.35. The lowest BCUT2D eigenvalue weighted by Crippen LogP contribution is -2.19. The van der Waals surface area contributed by atoms with E-state index in [0.717, 1.165) is 17.3 Å². The van der Waals surface area contributed by atoms with Crippen LogP contribution < -0.4 is 5.32 Å². The summed E-state index contributed by atoms with van der Waals surface area (Å²) in [6.45, 7) is 0. The summed E-state index contributed by atoms with van der Waals surface area (Å²) in [5.41, 5.74) is 1.32. The molecule has 1 aromatic heterocycles. The van der Waals surface area contributed by atoms with Gasteiger partial charge in [-0.25, -0.2) is 8.78 Å². The Morgan fingerprint density at radius 3 is 2.63 bits per heavy atom. The summed E-state index contributed by atoms with van der Waals surface area (Å²) in [6, 6.07) is 11.9. The van der Waals surface area contributed by atoms with E-state index in [-0.39, 0.29) is 17.5 Å². The molecule has 4 rings (SSSR count). The number of nitrogens with zero attached hydrogens (tertiary/aromatic N) is 3. The van der Waals surface area contributed by atoms with E-state index in [0.29, 0.717) is 25.8 Å². The average Bonchev–Trinajstić information content (AvgIpc) is 3.23. The molecular weight excluding hydrogens is 390 g/mol. The fraction of sp³-hybridized carbons (Fsp3) is 0. The zero-order valence-corrected chi connectivity index (χ0v) is 15.2. The summed E-state index contributed by atoms with van der Waals surface area (Å²) in [5, 5.41) is 12.0. The molecule has 0 saturated carbocycles. The third-order valence-electron chi connectivity index (χ3n) is 3.50. The van der Waals surface area contributed by atoms with E-state index in [9.17, 15) is 13.6 Å². The average molecular weight is 400 g/mol. The second-order valence-electron chi connectivity index (χ2n) is 5.43. The number of halogens is 2. The Morgan fingerprint density at radius 2 is 1.85 bits per heavy atom. The van der Waals surface area contributed by atoms with Crippen LogP contribution in [0.3, 0.4) is 0 Å². The summed E-state index contributed by atoms with van der Waals surface area (Å²) >= 11 is 2.36. The fourth-order valence-corrected chi connectivity index (χ4v) is 3.89. The van der Waals surface area contributed by atoms with Gasteiger partial charge in [0.1, 0.15) is 16.6 Å². The first-order chi connectivity index (χ1) is 13.1. The number of carbonyl (C=O) groups excluding carboxylic acids is 1. The van der Waals surface area contributed by atoms with Gasteiger partial charge in [-0.3, -0.25) is 4.79 Å². The van der Waals surface area contributed by atoms with Crippen LogP contribution in [0.4, 0.5) is 13.9 Å². The fourth-order valence-electron chi connectivity index (χ4n) is 2.28. The Bertz CT molecular complexity index is 1080. The Labute approximate surface area is 160 Å². The number of nitrogens with one attached hydrogen (secondary N) is 1. The van der Waals surface area contributed by atoms with Crippen molar-refractivity contribution in [3.63, 3.8) is 0 Å². The Morgan fingerprint density at radius 1 is 1.04 bits per heavy atom. The van der Waals surface area contributed by atoms with E-state index in [1.807, 2.05) is 0 Å². The highest BCUT2D eigenvalue weighted by Crippen LogP contribution is 2.31. The molecule has 1 amide bonds. The largest absolute Gasteiger partial charge is 0.300 e. The van der Waals surface area contributed by atoms with Gasteiger partial charge in [-0.15, -0.1) is 10.2 Å². The molecule has 0 spiro atoms. The van der Waals surface area contributed by atoms with Gasteiger partial charge in [0, 0.05) is 5.56 Å². The van der Waals surface area contributed by atoms with Crippen molar-refractivity contribution in [3.8, 4) is 10.6 Å². The molecule has 0 unspecified atom stereocenters.